The van der Waals surface area contributed by atoms with Crippen LogP contribution in [0.3, 0.4) is 0 Å². The number of hydrogen-bond donors (Lipinski definition) is 2. The highest BCUT2D eigenvalue weighted by Crippen LogP contribution is 2.25. The largest absolute Gasteiger partial charge is 0.348 e. The molecule has 0 aliphatic carbocycles. The molecule has 0 aliphatic rings. The number of aromatic nitrogens is 3. The van der Waals surface area contributed by atoms with Gasteiger partial charge in [0.05, 0.1) is 22.8 Å². The van der Waals surface area contributed by atoms with E-state index in [1.54, 1.807) is 17.5 Å². The molecule has 4 nitrogen and oxygen atoms in total. The summed E-state index contributed by atoms with van der Waals surface area (Å²) in [5.74, 6) is 0.947. The number of rotatable bonds is 4. The lowest BCUT2D eigenvalue weighted by Gasteiger charge is -2.09. The van der Waals surface area contributed by atoms with E-state index in [1.807, 2.05) is 18.3 Å². The summed E-state index contributed by atoms with van der Waals surface area (Å²) in [5.41, 5.74) is 1.07. The molecule has 0 amide bonds. The molecule has 3 rings (SSSR count). The van der Waals surface area contributed by atoms with Crippen molar-refractivity contribution in [3.8, 4) is 0 Å². The van der Waals surface area contributed by atoms with E-state index in [4.69, 9.17) is 0 Å². The Morgan fingerprint density at radius 1 is 1.39 bits per heavy atom. The maximum atomic E-state index is 4.64. The van der Waals surface area contributed by atoms with E-state index in [0.717, 1.165) is 22.9 Å². The average molecular weight is 258 g/mol. The van der Waals surface area contributed by atoms with Crippen molar-refractivity contribution in [2.75, 3.05) is 0 Å². The summed E-state index contributed by atoms with van der Waals surface area (Å²) in [6.45, 7) is 2.85. The first-order valence-corrected chi connectivity index (χ1v) is 6.71. The molecule has 0 saturated carbocycles. The maximum absolute atomic E-state index is 4.64. The summed E-state index contributed by atoms with van der Waals surface area (Å²) in [6.07, 6.45) is 3.60. The minimum atomic E-state index is 0.229. The topological polar surface area (TPSA) is 53.6 Å². The number of hydrogen-bond acceptors (Lipinski definition) is 4. The van der Waals surface area contributed by atoms with Crippen molar-refractivity contribution in [3.63, 3.8) is 0 Å². The van der Waals surface area contributed by atoms with E-state index in [0.29, 0.717) is 0 Å². The molecule has 1 aromatic carbocycles. The summed E-state index contributed by atoms with van der Waals surface area (Å²) >= 11 is 1.74. The summed E-state index contributed by atoms with van der Waals surface area (Å²) in [6, 6.07) is 8.45. The van der Waals surface area contributed by atoms with Crippen molar-refractivity contribution in [2.45, 2.75) is 19.5 Å². The average Bonchev–Trinajstić information content (AvgIpc) is 3.04. The Labute approximate surface area is 109 Å². The molecule has 5 heteroatoms. The molecule has 2 N–H and O–H groups in total. The molecular formula is C13H14N4S. The highest BCUT2D eigenvalue weighted by Gasteiger charge is 2.11. The third kappa shape index (κ3) is 2.27. The molecular weight excluding hydrogens is 244 g/mol. The molecule has 1 atom stereocenters. The first-order chi connectivity index (χ1) is 8.83. The molecule has 0 bridgehead atoms. The predicted molar refractivity (Wildman–Crippen MR) is 73.5 cm³/mol. The molecule has 0 saturated heterocycles. The fourth-order valence-corrected chi connectivity index (χ4v) is 2.80. The van der Waals surface area contributed by atoms with Crippen LogP contribution in [0, 0.1) is 0 Å². The molecule has 1 unspecified atom stereocenters. The number of fused-ring (bicyclic) bond motifs is 1. The quantitative estimate of drug-likeness (QED) is 0.756. The number of nitrogens with zero attached hydrogens (tertiary/aromatic N) is 2. The molecule has 2 heterocycles. The van der Waals surface area contributed by atoms with Crippen LogP contribution in [0.25, 0.3) is 10.2 Å². The van der Waals surface area contributed by atoms with Gasteiger partial charge in [-0.05, 0) is 19.1 Å². The lowest BCUT2D eigenvalue weighted by molar-refractivity contribution is 0.560. The second-order valence-electron chi connectivity index (χ2n) is 4.16. The number of thiazole rings is 1. The smallest absolute Gasteiger partial charge is 0.120 e. The van der Waals surface area contributed by atoms with Crippen LogP contribution >= 0.6 is 11.3 Å². The molecule has 2 aromatic heterocycles. The van der Waals surface area contributed by atoms with Crippen molar-refractivity contribution in [3.05, 3.63) is 47.5 Å². The third-order valence-electron chi connectivity index (χ3n) is 2.81. The molecule has 3 aromatic rings. The summed E-state index contributed by atoms with van der Waals surface area (Å²) < 4.78 is 1.24. The zero-order valence-electron chi connectivity index (χ0n) is 10.1. The molecule has 0 spiro atoms. The zero-order valence-corrected chi connectivity index (χ0v) is 10.9. The molecule has 0 radical (unpaired) electrons. The Kier molecular flexibility index (Phi) is 3.08. The standard InChI is InChI=1S/C13H14N4S/c1-9(16-8-12-14-6-7-15-12)13-17-10-4-2-3-5-11(10)18-13/h2-7,9,16H,8H2,1H3,(H,14,15). The van der Waals surface area contributed by atoms with Gasteiger partial charge in [0.15, 0.2) is 0 Å². The normalized spacial score (nSPS) is 12.9. The van der Waals surface area contributed by atoms with Gasteiger partial charge in [-0.3, -0.25) is 0 Å². The van der Waals surface area contributed by atoms with Crippen LogP contribution in [0.1, 0.15) is 23.8 Å². The van der Waals surface area contributed by atoms with Crippen molar-refractivity contribution in [2.24, 2.45) is 0 Å². The van der Waals surface area contributed by atoms with Gasteiger partial charge in [-0.2, -0.15) is 0 Å². The third-order valence-corrected chi connectivity index (χ3v) is 4.03. The lowest BCUT2D eigenvalue weighted by Crippen LogP contribution is -2.18. The number of para-hydroxylation sites is 1. The number of aromatic amines is 1. The van der Waals surface area contributed by atoms with Crippen molar-refractivity contribution in [1.82, 2.24) is 20.3 Å². The molecule has 18 heavy (non-hydrogen) atoms. The van der Waals surface area contributed by atoms with Gasteiger partial charge in [-0.1, -0.05) is 12.1 Å². The second kappa shape index (κ2) is 4.88. The fraction of sp³-hybridized carbons (Fsp3) is 0.231. The van der Waals surface area contributed by atoms with Crippen molar-refractivity contribution < 1.29 is 0 Å². The van der Waals surface area contributed by atoms with Gasteiger partial charge in [0, 0.05) is 12.4 Å². The first-order valence-electron chi connectivity index (χ1n) is 5.90. The van der Waals surface area contributed by atoms with Crippen LogP contribution in [-0.4, -0.2) is 15.0 Å². The molecule has 0 fully saturated rings. The van der Waals surface area contributed by atoms with Crippen LogP contribution in [0.4, 0.5) is 0 Å². The Balaban J connectivity index is 1.73. The highest BCUT2D eigenvalue weighted by atomic mass is 32.1. The van der Waals surface area contributed by atoms with Gasteiger partial charge in [0.25, 0.3) is 0 Å². The maximum Gasteiger partial charge on any atom is 0.120 e. The van der Waals surface area contributed by atoms with Gasteiger partial charge < -0.3 is 10.3 Å². The van der Waals surface area contributed by atoms with E-state index in [1.165, 1.54) is 4.70 Å². The minimum Gasteiger partial charge on any atom is -0.348 e. The predicted octanol–water partition coefficient (Wildman–Crippen LogP) is 2.87. The van der Waals surface area contributed by atoms with E-state index in [-0.39, 0.29) is 6.04 Å². The van der Waals surface area contributed by atoms with Crippen molar-refractivity contribution in [1.29, 1.82) is 0 Å². The Morgan fingerprint density at radius 2 is 2.28 bits per heavy atom. The summed E-state index contributed by atoms with van der Waals surface area (Å²) in [4.78, 5) is 11.9. The van der Waals surface area contributed by atoms with Crippen LogP contribution in [0.2, 0.25) is 0 Å². The van der Waals surface area contributed by atoms with Gasteiger partial charge in [-0.25, -0.2) is 9.97 Å². The number of H-pyrrole nitrogens is 1. The zero-order chi connectivity index (χ0) is 12.4. The van der Waals surface area contributed by atoms with Crippen LogP contribution in [0.15, 0.2) is 36.7 Å². The summed E-state index contributed by atoms with van der Waals surface area (Å²) in [5, 5.41) is 4.53. The summed E-state index contributed by atoms with van der Waals surface area (Å²) in [7, 11) is 0. The lowest BCUT2D eigenvalue weighted by atomic mass is 10.3. The van der Waals surface area contributed by atoms with E-state index in [9.17, 15) is 0 Å². The van der Waals surface area contributed by atoms with Crippen LogP contribution in [-0.2, 0) is 6.54 Å². The number of imidazole rings is 1. The van der Waals surface area contributed by atoms with E-state index in [2.05, 4.69) is 39.3 Å². The first kappa shape index (κ1) is 11.4. The van der Waals surface area contributed by atoms with Gasteiger partial charge in [-0.15, -0.1) is 11.3 Å². The van der Waals surface area contributed by atoms with Gasteiger partial charge >= 0.3 is 0 Å². The second-order valence-corrected chi connectivity index (χ2v) is 5.22. The SMILES string of the molecule is CC(NCc1ncc[nH]1)c1nc2ccccc2s1. The minimum absolute atomic E-state index is 0.229. The van der Waals surface area contributed by atoms with Crippen LogP contribution < -0.4 is 5.32 Å². The van der Waals surface area contributed by atoms with Crippen molar-refractivity contribution >= 4 is 21.6 Å². The van der Waals surface area contributed by atoms with E-state index < -0.39 is 0 Å². The number of benzene rings is 1. The fourth-order valence-electron chi connectivity index (χ4n) is 1.81. The monoisotopic (exact) mass is 258 g/mol. The Hall–Kier alpha value is -1.72. The van der Waals surface area contributed by atoms with E-state index >= 15 is 0 Å². The Morgan fingerprint density at radius 3 is 3.06 bits per heavy atom. The molecule has 92 valence electrons. The number of nitrogens with one attached hydrogen (secondary N) is 2. The van der Waals surface area contributed by atoms with Gasteiger partial charge in [0.1, 0.15) is 10.8 Å². The highest BCUT2D eigenvalue weighted by molar-refractivity contribution is 7.18. The molecule has 0 aliphatic heterocycles. The van der Waals surface area contributed by atoms with Crippen LogP contribution in [0.5, 0.6) is 0 Å². The Bertz CT molecular complexity index is 596. The van der Waals surface area contributed by atoms with Gasteiger partial charge in [0.2, 0.25) is 0 Å².